The first-order valence-electron chi connectivity index (χ1n) is 11.5. The van der Waals surface area contributed by atoms with Crippen LogP contribution < -0.4 is 4.74 Å². The first kappa shape index (κ1) is 22.1. The molecular weight excluding hydrogens is 433 g/mol. The molecule has 0 radical (unpaired) electrons. The Bertz CT molecular complexity index is 1260. The summed E-state index contributed by atoms with van der Waals surface area (Å²) in [4.78, 5) is 26.5. The molecule has 0 aromatic heterocycles. The van der Waals surface area contributed by atoms with Gasteiger partial charge in [0.2, 0.25) is 5.91 Å². The fourth-order valence-corrected chi connectivity index (χ4v) is 5.31. The number of fused-ring (bicyclic) bond motifs is 2. The molecule has 1 amide bonds. The SMILES string of the molecule is COc1ccc(CC(=O)O)cc1-c1ccc(F)c2c1CN(C(=O)C1Cc3ccccc3C1)CC2. The zero-order chi connectivity index (χ0) is 23.8. The quantitative estimate of drug-likeness (QED) is 0.613. The van der Waals surface area contributed by atoms with Gasteiger partial charge in [-0.1, -0.05) is 36.4 Å². The third-order valence-electron chi connectivity index (χ3n) is 6.98. The van der Waals surface area contributed by atoms with Crippen LogP contribution in [0.1, 0.15) is 27.8 Å². The highest BCUT2D eigenvalue weighted by Gasteiger charge is 2.33. The van der Waals surface area contributed by atoms with Gasteiger partial charge < -0.3 is 14.7 Å². The van der Waals surface area contributed by atoms with Gasteiger partial charge in [0.1, 0.15) is 11.6 Å². The van der Waals surface area contributed by atoms with Crippen LogP contribution in [0.15, 0.2) is 54.6 Å². The highest BCUT2D eigenvalue weighted by molar-refractivity contribution is 5.82. The molecule has 0 unspecified atom stereocenters. The van der Waals surface area contributed by atoms with Crippen LogP contribution in [0.4, 0.5) is 4.39 Å². The minimum absolute atomic E-state index is 0.0932. The third kappa shape index (κ3) is 4.04. The molecule has 1 aliphatic carbocycles. The van der Waals surface area contributed by atoms with Crippen molar-refractivity contribution in [2.45, 2.75) is 32.2 Å². The number of carboxylic acids is 1. The Hall–Kier alpha value is -3.67. The van der Waals surface area contributed by atoms with E-state index in [0.29, 0.717) is 42.0 Å². The van der Waals surface area contributed by atoms with Crippen molar-refractivity contribution in [3.63, 3.8) is 0 Å². The molecule has 5 nitrogen and oxygen atoms in total. The van der Waals surface area contributed by atoms with Gasteiger partial charge in [-0.3, -0.25) is 9.59 Å². The molecule has 1 aliphatic heterocycles. The second kappa shape index (κ2) is 8.93. The lowest BCUT2D eigenvalue weighted by atomic mass is 9.89. The maximum Gasteiger partial charge on any atom is 0.307 e. The highest BCUT2D eigenvalue weighted by atomic mass is 19.1. The zero-order valence-electron chi connectivity index (χ0n) is 19.0. The lowest BCUT2D eigenvalue weighted by Gasteiger charge is -2.32. The van der Waals surface area contributed by atoms with Crippen molar-refractivity contribution >= 4 is 11.9 Å². The van der Waals surface area contributed by atoms with Gasteiger partial charge in [-0.25, -0.2) is 4.39 Å². The highest BCUT2D eigenvalue weighted by Crippen LogP contribution is 2.38. The van der Waals surface area contributed by atoms with Crippen molar-refractivity contribution in [2.75, 3.05) is 13.7 Å². The summed E-state index contributed by atoms with van der Waals surface area (Å²) in [7, 11) is 1.55. The van der Waals surface area contributed by atoms with Crippen molar-refractivity contribution < 1.29 is 23.8 Å². The Morgan fingerprint density at radius 3 is 2.44 bits per heavy atom. The van der Waals surface area contributed by atoms with Gasteiger partial charge in [0.15, 0.2) is 0 Å². The number of amides is 1. The average molecular weight is 460 g/mol. The van der Waals surface area contributed by atoms with Crippen LogP contribution in [0, 0.1) is 11.7 Å². The summed E-state index contributed by atoms with van der Waals surface area (Å²) in [5.74, 6) is -0.614. The molecule has 3 aromatic carbocycles. The summed E-state index contributed by atoms with van der Waals surface area (Å²) in [5.41, 5.74) is 5.94. The zero-order valence-corrected chi connectivity index (χ0v) is 19.0. The van der Waals surface area contributed by atoms with E-state index in [2.05, 4.69) is 12.1 Å². The topological polar surface area (TPSA) is 66.8 Å². The lowest BCUT2D eigenvalue weighted by molar-refractivity contribution is -0.137. The Kier molecular flexibility index (Phi) is 5.82. The number of carbonyl (C=O) groups excluding carboxylic acids is 1. The molecule has 3 aromatic rings. The smallest absolute Gasteiger partial charge is 0.307 e. The van der Waals surface area contributed by atoms with Gasteiger partial charge in [-0.2, -0.15) is 0 Å². The number of halogens is 1. The van der Waals surface area contributed by atoms with Crippen molar-refractivity contribution in [3.05, 3.63) is 88.2 Å². The number of ether oxygens (including phenoxy) is 1. The van der Waals surface area contributed by atoms with E-state index in [9.17, 15) is 19.1 Å². The summed E-state index contributed by atoms with van der Waals surface area (Å²) < 4.78 is 20.3. The Balaban J connectivity index is 1.48. The summed E-state index contributed by atoms with van der Waals surface area (Å²) in [5, 5.41) is 9.22. The molecule has 174 valence electrons. The first-order chi connectivity index (χ1) is 16.4. The molecule has 0 atom stereocenters. The Morgan fingerprint density at radius 2 is 1.76 bits per heavy atom. The van der Waals surface area contributed by atoms with E-state index < -0.39 is 5.97 Å². The van der Waals surface area contributed by atoms with Gasteiger partial charge in [0.05, 0.1) is 13.5 Å². The molecule has 0 spiro atoms. The van der Waals surface area contributed by atoms with Crippen LogP contribution >= 0.6 is 0 Å². The molecule has 5 rings (SSSR count). The predicted octanol–water partition coefficient (Wildman–Crippen LogP) is 4.43. The second-order valence-corrected chi connectivity index (χ2v) is 9.04. The summed E-state index contributed by atoms with van der Waals surface area (Å²) in [6.07, 6.45) is 1.80. The van der Waals surface area contributed by atoms with Crippen LogP contribution in [-0.2, 0) is 41.8 Å². The van der Waals surface area contributed by atoms with Crippen molar-refractivity contribution in [2.24, 2.45) is 5.92 Å². The number of carboxylic acid groups (broad SMARTS) is 1. The van der Waals surface area contributed by atoms with E-state index in [0.717, 1.165) is 24.0 Å². The lowest BCUT2D eigenvalue weighted by Crippen LogP contribution is -2.40. The van der Waals surface area contributed by atoms with Crippen molar-refractivity contribution in [1.29, 1.82) is 0 Å². The summed E-state index contributed by atoms with van der Waals surface area (Å²) >= 11 is 0. The first-order valence-corrected chi connectivity index (χ1v) is 11.5. The molecule has 0 saturated heterocycles. The van der Waals surface area contributed by atoms with Crippen LogP contribution in [0.2, 0.25) is 0 Å². The molecule has 34 heavy (non-hydrogen) atoms. The van der Waals surface area contributed by atoms with Crippen molar-refractivity contribution in [1.82, 2.24) is 4.90 Å². The van der Waals surface area contributed by atoms with E-state index in [1.54, 1.807) is 31.4 Å². The minimum Gasteiger partial charge on any atom is -0.496 e. The van der Waals surface area contributed by atoms with Gasteiger partial charge in [-0.05, 0) is 70.8 Å². The second-order valence-electron chi connectivity index (χ2n) is 9.04. The molecule has 0 fully saturated rings. The fourth-order valence-electron chi connectivity index (χ4n) is 5.31. The summed E-state index contributed by atoms with van der Waals surface area (Å²) in [6, 6.07) is 16.6. The Morgan fingerprint density at radius 1 is 1.03 bits per heavy atom. The minimum atomic E-state index is -0.924. The van der Waals surface area contributed by atoms with E-state index in [1.165, 1.54) is 17.2 Å². The predicted molar refractivity (Wildman–Crippen MR) is 126 cm³/mol. The molecule has 1 N–H and O–H groups in total. The van der Waals surface area contributed by atoms with E-state index in [4.69, 9.17) is 4.74 Å². The van der Waals surface area contributed by atoms with Crippen LogP contribution in [0.5, 0.6) is 5.75 Å². The number of carbonyl (C=O) groups is 2. The van der Waals surface area contributed by atoms with Crippen LogP contribution in [0.3, 0.4) is 0 Å². The number of rotatable bonds is 5. The van der Waals surface area contributed by atoms with E-state index >= 15 is 0 Å². The number of nitrogens with zero attached hydrogens (tertiary/aromatic N) is 1. The normalized spacial score (nSPS) is 15.1. The van der Waals surface area contributed by atoms with Gasteiger partial charge >= 0.3 is 5.97 Å². The van der Waals surface area contributed by atoms with Gasteiger partial charge in [0, 0.05) is 24.6 Å². The summed E-state index contributed by atoms with van der Waals surface area (Å²) in [6.45, 7) is 0.801. The third-order valence-corrected chi connectivity index (χ3v) is 6.98. The van der Waals surface area contributed by atoms with Crippen LogP contribution in [0.25, 0.3) is 11.1 Å². The van der Waals surface area contributed by atoms with Gasteiger partial charge in [-0.15, -0.1) is 0 Å². The number of hydrogen-bond donors (Lipinski definition) is 1. The molecular formula is C28H26FNO4. The molecule has 0 saturated carbocycles. The van der Waals surface area contributed by atoms with Gasteiger partial charge in [0.25, 0.3) is 0 Å². The molecule has 6 heteroatoms. The Labute approximate surface area is 197 Å². The van der Waals surface area contributed by atoms with Crippen LogP contribution in [-0.4, -0.2) is 35.5 Å². The molecule has 2 aliphatic rings. The van der Waals surface area contributed by atoms with E-state index in [1.807, 2.05) is 17.0 Å². The van der Waals surface area contributed by atoms with Crippen molar-refractivity contribution in [3.8, 4) is 16.9 Å². The maximum absolute atomic E-state index is 14.8. The maximum atomic E-state index is 14.8. The number of benzene rings is 3. The standard InChI is InChI=1S/C28H26FNO4/c1-34-26-9-6-17(13-27(31)32)12-23(26)21-7-8-25(29)22-10-11-30(16-24(21)22)28(33)20-14-18-4-2-3-5-19(18)15-20/h2-9,12,20H,10-11,13-16H2,1H3,(H,31,32). The average Bonchev–Trinajstić information content (AvgIpc) is 3.27. The van der Waals surface area contributed by atoms with E-state index in [-0.39, 0.29) is 24.1 Å². The monoisotopic (exact) mass is 459 g/mol. The molecule has 0 bridgehead atoms. The number of methoxy groups -OCH3 is 1. The largest absolute Gasteiger partial charge is 0.496 e. The fraction of sp³-hybridized carbons (Fsp3) is 0.286. The number of aliphatic carboxylic acids is 1. The number of hydrogen-bond acceptors (Lipinski definition) is 3. The molecule has 1 heterocycles.